The summed E-state index contributed by atoms with van der Waals surface area (Å²) in [6.45, 7) is 4.54. The lowest BCUT2D eigenvalue weighted by molar-refractivity contribution is -0.120. The van der Waals surface area contributed by atoms with Gasteiger partial charge in [-0.15, -0.1) is 0 Å². The van der Waals surface area contributed by atoms with Crippen molar-refractivity contribution in [2.45, 2.75) is 6.92 Å². The Balaban J connectivity index is 1.50. The number of anilines is 2. The lowest BCUT2D eigenvalue weighted by atomic mass is 10.0. The molecule has 7 heteroatoms. The van der Waals surface area contributed by atoms with Crippen LogP contribution in [-0.2, 0) is 9.59 Å². The van der Waals surface area contributed by atoms with Crippen LogP contribution in [0.2, 0.25) is 5.02 Å². The number of hydrogen-bond acceptors (Lipinski definition) is 5. The molecular formula is C26H23ClN4O2. The van der Waals surface area contributed by atoms with E-state index in [1.807, 2.05) is 66.4 Å². The van der Waals surface area contributed by atoms with E-state index >= 15 is 0 Å². The minimum atomic E-state index is -0.326. The van der Waals surface area contributed by atoms with Crippen LogP contribution >= 0.6 is 11.6 Å². The Bertz CT molecular complexity index is 1240. The molecule has 2 aliphatic heterocycles. The molecule has 0 bridgehead atoms. The van der Waals surface area contributed by atoms with Crippen LogP contribution in [-0.4, -0.2) is 47.9 Å². The normalized spacial score (nSPS) is 16.7. The van der Waals surface area contributed by atoms with Crippen LogP contribution in [0.5, 0.6) is 0 Å². The molecule has 1 aromatic heterocycles. The van der Waals surface area contributed by atoms with Gasteiger partial charge >= 0.3 is 0 Å². The fourth-order valence-electron chi connectivity index (χ4n) is 4.33. The highest BCUT2D eigenvalue weighted by atomic mass is 35.5. The lowest BCUT2D eigenvalue weighted by Crippen LogP contribution is -2.48. The first kappa shape index (κ1) is 21.2. The fourth-order valence-corrected chi connectivity index (χ4v) is 4.51. The van der Waals surface area contributed by atoms with E-state index in [1.54, 1.807) is 18.3 Å². The number of piperazine rings is 1. The van der Waals surface area contributed by atoms with E-state index in [0.717, 1.165) is 16.9 Å². The summed E-state index contributed by atoms with van der Waals surface area (Å²) in [6, 6.07) is 20.5. The second-order valence-electron chi connectivity index (χ2n) is 8.13. The molecule has 33 heavy (non-hydrogen) atoms. The summed E-state index contributed by atoms with van der Waals surface area (Å²) in [6.07, 6.45) is 1.78. The Morgan fingerprint density at radius 1 is 0.818 bits per heavy atom. The number of benzene rings is 2. The maximum absolute atomic E-state index is 13.7. The first-order chi connectivity index (χ1) is 16.0. The van der Waals surface area contributed by atoms with E-state index in [1.165, 1.54) is 4.90 Å². The monoisotopic (exact) mass is 458 g/mol. The van der Waals surface area contributed by atoms with Gasteiger partial charge in [-0.2, -0.15) is 0 Å². The van der Waals surface area contributed by atoms with Crippen molar-refractivity contribution in [2.75, 3.05) is 36.0 Å². The van der Waals surface area contributed by atoms with Gasteiger partial charge in [-0.25, -0.2) is 9.88 Å². The molecule has 0 saturated carbocycles. The van der Waals surface area contributed by atoms with Gasteiger partial charge in [0.1, 0.15) is 11.5 Å². The summed E-state index contributed by atoms with van der Waals surface area (Å²) in [5.41, 5.74) is 2.99. The van der Waals surface area contributed by atoms with E-state index in [4.69, 9.17) is 11.6 Å². The van der Waals surface area contributed by atoms with E-state index in [0.29, 0.717) is 48.2 Å². The molecule has 0 radical (unpaired) electrons. The molecular weight excluding hydrogens is 436 g/mol. The van der Waals surface area contributed by atoms with Crippen LogP contribution < -0.4 is 9.80 Å². The minimum Gasteiger partial charge on any atom is -0.363 e. The standard InChI is InChI=1S/C26H23ClN4O2/c1-18-10-11-20(17-21(18)27)31-25(32)23(19-7-3-2-4-8-19)24(26(31)33)30-15-13-29(14-16-30)22-9-5-6-12-28-22/h2-12,17H,13-16H2,1H3. The zero-order valence-corrected chi connectivity index (χ0v) is 19.0. The Hall–Kier alpha value is -3.64. The van der Waals surface area contributed by atoms with Crippen LogP contribution in [0.25, 0.3) is 5.57 Å². The number of aromatic nitrogens is 1. The summed E-state index contributed by atoms with van der Waals surface area (Å²) in [5, 5.41) is 0.520. The molecule has 3 heterocycles. The summed E-state index contributed by atoms with van der Waals surface area (Å²) in [5.74, 6) is 0.275. The van der Waals surface area contributed by atoms with Crippen molar-refractivity contribution in [3.63, 3.8) is 0 Å². The molecule has 0 atom stereocenters. The number of aryl methyl sites for hydroxylation is 1. The van der Waals surface area contributed by atoms with E-state index < -0.39 is 0 Å². The molecule has 0 unspecified atom stereocenters. The highest BCUT2D eigenvalue weighted by Gasteiger charge is 2.43. The van der Waals surface area contributed by atoms with Crippen molar-refractivity contribution >= 4 is 40.5 Å². The Labute approximate surface area is 197 Å². The molecule has 1 saturated heterocycles. The van der Waals surface area contributed by atoms with Crippen LogP contribution in [0.3, 0.4) is 0 Å². The van der Waals surface area contributed by atoms with Crippen LogP contribution in [0, 0.1) is 6.92 Å². The van der Waals surface area contributed by atoms with E-state index in [-0.39, 0.29) is 11.8 Å². The smallest absolute Gasteiger partial charge is 0.282 e. The third-order valence-electron chi connectivity index (χ3n) is 6.10. The van der Waals surface area contributed by atoms with Gasteiger partial charge in [0.15, 0.2) is 0 Å². The molecule has 6 nitrogen and oxygen atoms in total. The van der Waals surface area contributed by atoms with Crippen molar-refractivity contribution < 1.29 is 9.59 Å². The number of carbonyl (C=O) groups is 2. The van der Waals surface area contributed by atoms with E-state index in [9.17, 15) is 9.59 Å². The van der Waals surface area contributed by atoms with Crippen molar-refractivity contribution in [3.05, 3.63) is 94.8 Å². The second-order valence-corrected chi connectivity index (χ2v) is 8.54. The number of halogens is 1. The highest BCUT2D eigenvalue weighted by molar-refractivity contribution is 6.45. The van der Waals surface area contributed by atoms with Crippen molar-refractivity contribution in [3.8, 4) is 0 Å². The molecule has 0 spiro atoms. The van der Waals surface area contributed by atoms with Crippen molar-refractivity contribution in [1.29, 1.82) is 0 Å². The number of nitrogens with zero attached hydrogens (tertiary/aromatic N) is 4. The van der Waals surface area contributed by atoms with Crippen LogP contribution in [0.15, 0.2) is 78.6 Å². The summed E-state index contributed by atoms with van der Waals surface area (Å²) >= 11 is 6.32. The van der Waals surface area contributed by atoms with Gasteiger partial charge < -0.3 is 9.80 Å². The quantitative estimate of drug-likeness (QED) is 0.550. The molecule has 2 amide bonds. The van der Waals surface area contributed by atoms with Crippen molar-refractivity contribution in [1.82, 2.24) is 9.88 Å². The number of amides is 2. The molecule has 0 N–H and O–H groups in total. The number of pyridine rings is 1. The molecule has 3 aromatic rings. The topological polar surface area (TPSA) is 56.8 Å². The highest BCUT2D eigenvalue weighted by Crippen LogP contribution is 2.36. The van der Waals surface area contributed by atoms with E-state index in [2.05, 4.69) is 9.88 Å². The van der Waals surface area contributed by atoms with Gasteiger partial charge in [0.2, 0.25) is 0 Å². The summed E-state index contributed by atoms with van der Waals surface area (Å²) < 4.78 is 0. The molecule has 2 aromatic carbocycles. The lowest BCUT2D eigenvalue weighted by Gasteiger charge is -2.37. The van der Waals surface area contributed by atoms with Gasteiger partial charge in [-0.3, -0.25) is 9.59 Å². The average Bonchev–Trinajstić information content (AvgIpc) is 3.12. The zero-order valence-electron chi connectivity index (χ0n) is 18.2. The van der Waals surface area contributed by atoms with Gasteiger partial charge in [-0.1, -0.05) is 54.1 Å². The largest absolute Gasteiger partial charge is 0.363 e. The van der Waals surface area contributed by atoms with Crippen LogP contribution in [0.1, 0.15) is 11.1 Å². The molecule has 1 fully saturated rings. The number of hydrogen-bond donors (Lipinski definition) is 0. The number of imide groups is 1. The minimum absolute atomic E-state index is 0.315. The SMILES string of the molecule is Cc1ccc(N2C(=O)C(c3ccccc3)=C(N3CCN(c4ccccn4)CC3)C2=O)cc1Cl. The third-order valence-corrected chi connectivity index (χ3v) is 6.51. The first-order valence-electron chi connectivity index (χ1n) is 10.9. The average molecular weight is 459 g/mol. The molecule has 0 aliphatic carbocycles. The van der Waals surface area contributed by atoms with Crippen LogP contribution in [0.4, 0.5) is 11.5 Å². The molecule has 166 valence electrons. The summed E-state index contributed by atoms with van der Waals surface area (Å²) in [7, 11) is 0. The Morgan fingerprint density at radius 2 is 1.52 bits per heavy atom. The second kappa shape index (κ2) is 8.71. The van der Waals surface area contributed by atoms with Gasteiger partial charge in [-0.05, 0) is 42.3 Å². The van der Waals surface area contributed by atoms with Gasteiger partial charge in [0.05, 0.1) is 11.3 Å². The predicted molar refractivity (Wildman–Crippen MR) is 130 cm³/mol. The molecule has 2 aliphatic rings. The molecule has 5 rings (SSSR count). The number of carbonyl (C=O) groups excluding carboxylic acids is 2. The van der Waals surface area contributed by atoms with Crippen molar-refractivity contribution in [2.24, 2.45) is 0 Å². The zero-order chi connectivity index (χ0) is 22.9. The number of rotatable bonds is 4. The van der Waals surface area contributed by atoms with Gasteiger partial charge in [0, 0.05) is 37.4 Å². The summed E-state index contributed by atoms with van der Waals surface area (Å²) in [4.78, 5) is 37.2. The predicted octanol–water partition coefficient (Wildman–Crippen LogP) is 4.15. The maximum Gasteiger partial charge on any atom is 0.282 e. The fraction of sp³-hybridized carbons (Fsp3) is 0.192. The third kappa shape index (κ3) is 3.87. The Morgan fingerprint density at radius 3 is 2.18 bits per heavy atom. The van der Waals surface area contributed by atoms with Gasteiger partial charge in [0.25, 0.3) is 11.8 Å². The maximum atomic E-state index is 13.7. The first-order valence-corrected chi connectivity index (χ1v) is 11.3. The Kier molecular flexibility index (Phi) is 5.60.